The molecule has 0 saturated heterocycles. The Kier molecular flexibility index (Phi) is 3.63. The van der Waals surface area contributed by atoms with Gasteiger partial charge in [-0.1, -0.05) is 0 Å². The fraction of sp³-hybridized carbons (Fsp3) is 0.600. The lowest BCUT2D eigenvalue weighted by Gasteiger charge is -2.20. The summed E-state index contributed by atoms with van der Waals surface area (Å²) in [4.78, 5) is 1.27. The van der Waals surface area contributed by atoms with Crippen LogP contribution in [0.1, 0.15) is 48.4 Å². The molecule has 5 nitrogen and oxygen atoms in total. The summed E-state index contributed by atoms with van der Waals surface area (Å²) < 4.78 is 13.9. The first-order chi connectivity index (χ1) is 9.87. The van der Waals surface area contributed by atoms with E-state index in [0.29, 0.717) is 19.8 Å². The Morgan fingerprint density at radius 3 is 2.71 bits per heavy atom. The molecule has 1 aliphatic heterocycles. The summed E-state index contributed by atoms with van der Waals surface area (Å²) in [5.41, 5.74) is 2.30. The highest BCUT2D eigenvalue weighted by Crippen LogP contribution is 2.36. The molecule has 114 valence electrons. The van der Waals surface area contributed by atoms with Crippen molar-refractivity contribution in [1.29, 1.82) is 0 Å². The molecule has 0 bridgehead atoms. The van der Waals surface area contributed by atoms with Gasteiger partial charge in [-0.15, -0.1) is 21.5 Å². The minimum atomic E-state index is -0.148. The lowest BCUT2D eigenvalue weighted by Crippen LogP contribution is -2.19. The SMILES string of the molecule is Cc1sc2c(c1COC(C)(C)C)COCc1nnc(C)n1-2. The van der Waals surface area contributed by atoms with Crippen LogP contribution in [0.2, 0.25) is 0 Å². The standard InChI is InChI=1S/C15H21N3O2S/c1-9-11(7-20-15(3,4)5)12-6-19-8-13-17-16-10(2)18(13)14(12)21-9/h6-8H2,1-5H3. The number of rotatable bonds is 2. The van der Waals surface area contributed by atoms with Crippen LogP contribution in [-0.2, 0) is 29.3 Å². The van der Waals surface area contributed by atoms with Crippen molar-refractivity contribution in [3.63, 3.8) is 0 Å². The molecule has 2 aromatic heterocycles. The number of fused-ring (bicyclic) bond motifs is 3. The first-order valence-electron chi connectivity index (χ1n) is 7.11. The van der Waals surface area contributed by atoms with Crippen molar-refractivity contribution in [2.45, 2.75) is 60.0 Å². The topological polar surface area (TPSA) is 49.2 Å². The summed E-state index contributed by atoms with van der Waals surface area (Å²) in [6, 6.07) is 0. The Bertz CT molecular complexity index is 667. The van der Waals surface area contributed by atoms with E-state index in [-0.39, 0.29) is 5.60 Å². The minimum Gasteiger partial charge on any atom is -0.371 e. The van der Waals surface area contributed by atoms with Crippen LogP contribution in [-0.4, -0.2) is 20.4 Å². The second kappa shape index (κ2) is 5.19. The molecule has 3 rings (SSSR count). The van der Waals surface area contributed by atoms with Gasteiger partial charge >= 0.3 is 0 Å². The van der Waals surface area contributed by atoms with Gasteiger partial charge in [-0.05, 0) is 40.2 Å². The zero-order chi connectivity index (χ0) is 15.2. The zero-order valence-corrected chi connectivity index (χ0v) is 14.0. The van der Waals surface area contributed by atoms with Crippen LogP contribution < -0.4 is 0 Å². The zero-order valence-electron chi connectivity index (χ0n) is 13.2. The third-order valence-corrected chi connectivity index (χ3v) is 4.69. The van der Waals surface area contributed by atoms with E-state index in [0.717, 1.165) is 11.6 Å². The number of ether oxygens (including phenoxy) is 2. The van der Waals surface area contributed by atoms with Gasteiger partial charge in [-0.2, -0.15) is 0 Å². The Labute approximate surface area is 128 Å². The highest BCUT2D eigenvalue weighted by atomic mass is 32.1. The Morgan fingerprint density at radius 2 is 2.00 bits per heavy atom. The van der Waals surface area contributed by atoms with E-state index in [1.807, 2.05) is 6.92 Å². The molecule has 6 heteroatoms. The molecule has 0 unspecified atom stereocenters. The first-order valence-corrected chi connectivity index (χ1v) is 7.92. The fourth-order valence-corrected chi connectivity index (χ4v) is 3.65. The summed E-state index contributed by atoms with van der Waals surface area (Å²) in [6.45, 7) is 12.1. The minimum absolute atomic E-state index is 0.148. The van der Waals surface area contributed by atoms with Crippen LogP contribution in [0.3, 0.4) is 0 Å². The molecule has 21 heavy (non-hydrogen) atoms. The van der Waals surface area contributed by atoms with Crippen molar-refractivity contribution in [3.8, 4) is 5.00 Å². The summed E-state index contributed by atoms with van der Waals surface area (Å²) >= 11 is 1.77. The lowest BCUT2D eigenvalue weighted by molar-refractivity contribution is -0.0159. The maximum absolute atomic E-state index is 5.97. The van der Waals surface area contributed by atoms with Gasteiger partial charge in [0.05, 0.1) is 18.8 Å². The van der Waals surface area contributed by atoms with E-state index in [1.54, 1.807) is 11.3 Å². The van der Waals surface area contributed by atoms with Crippen molar-refractivity contribution in [2.24, 2.45) is 0 Å². The van der Waals surface area contributed by atoms with Crippen molar-refractivity contribution < 1.29 is 9.47 Å². The Hall–Kier alpha value is -1.24. The highest BCUT2D eigenvalue weighted by molar-refractivity contribution is 7.14. The summed E-state index contributed by atoms with van der Waals surface area (Å²) in [7, 11) is 0. The average molecular weight is 307 g/mol. The number of hydrogen-bond donors (Lipinski definition) is 0. The molecule has 0 amide bonds. The van der Waals surface area contributed by atoms with Crippen LogP contribution in [0.5, 0.6) is 0 Å². The fourth-order valence-electron chi connectivity index (χ4n) is 2.42. The third-order valence-electron chi connectivity index (χ3n) is 3.52. The van der Waals surface area contributed by atoms with Crippen LogP contribution in [0.25, 0.3) is 5.00 Å². The molecular formula is C15H21N3O2S. The van der Waals surface area contributed by atoms with Gasteiger partial charge in [-0.25, -0.2) is 0 Å². The van der Waals surface area contributed by atoms with Crippen molar-refractivity contribution in [2.75, 3.05) is 0 Å². The molecule has 0 saturated carbocycles. The van der Waals surface area contributed by atoms with Crippen LogP contribution in [0.15, 0.2) is 0 Å². The molecular weight excluding hydrogens is 286 g/mol. The molecule has 0 spiro atoms. The number of aromatic nitrogens is 3. The third kappa shape index (κ3) is 2.75. The van der Waals surface area contributed by atoms with Crippen LogP contribution >= 0.6 is 11.3 Å². The Balaban J connectivity index is 2.04. The van der Waals surface area contributed by atoms with Gasteiger partial charge in [0.1, 0.15) is 17.4 Å². The number of thiophene rings is 1. The van der Waals surface area contributed by atoms with E-state index in [2.05, 4.69) is 42.5 Å². The summed E-state index contributed by atoms with van der Waals surface area (Å²) in [5, 5.41) is 9.55. The quantitative estimate of drug-likeness (QED) is 0.854. The maximum atomic E-state index is 5.97. The molecule has 0 radical (unpaired) electrons. The van der Waals surface area contributed by atoms with Crippen molar-refractivity contribution in [3.05, 3.63) is 27.7 Å². The predicted molar refractivity (Wildman–Crippen MR) is 81.7 cm³/mol. The number of aryl methyl sites for hydroxylation is 2. The second-order valence-corrected chi connectivity index (χ2v) is 7.52. The van der Waals surface area contributed by atoms with Crippen molar-refractivity contribution in [1.82, 2.24) is 14.8 Å². The normalized spacial score (nSPS) is 14.7. The van der Waals surface area contributed by atoms with Gasteiger partial charge in [-0.3, -0.25) is 4.57 Å². The molecule has 0 aromatic carbocycles. The largest absolute Gasteiger partial charge is 0.371 e. The molecule has 1 aliphatic rings. The molecule has 0 aliphatic carbocycles. The summed E-state index contributed by atoms with van der Waals surface area (Å²) in [6.07, 6.45) is 0. The van der Waals surface area contributed by atoms with Crippen LogP contribution in [0, 0.1) is 13.8 Å². The highest BCUT2D eigenvalue weighted by Gasteiger charge is 2.25. The summed E-state index contributed by atoms with van der Waals surface area (Å²) in [5.74, 6) is 1.78. The van der Waals surface area contributed by atoms with Gasteiger partial charge < -0.3 is 9.47 Å². The van der Waals surface area contributed by atoms with E-state index >= 15 is 0 Å². The maximum Gasteiger partial charge on any atom is 0.164 e. The first kappa shape index (κ1) is 14.7. The molecule has 0 N–H and O–H groups in total. The van der Waals surface area contributed by atoms with E-state index < -0.39 is 0 Å². The predicted octanol–water partition coefficient (Wildman–Crippen LogP) is 3.29. The lowest BCUT2D eigenvalue weighted by atomic mass is 10.1. The van der Waals surface area contributed by atoms with Gasteiger partial charge in [0.25, 0.3) is 0 Å². The van der Waals surface area contributed by atoms with E-state index in [4.69, 9.17) is 9.47 Å². The monoisotopic (exact) mass is 307 g/mol. The van der Waals surface area contributed by atoms with E-state index in [1.165, 1.54) is 21.0 Å². The second-order valence-electron chi connectivity index (χ2n) is 6.31. The van der Waals surface area contributed by atoms with Gasteiger partial charge in [0.2, 0.25) is 0 Å². The van der Waals surface area contributed by atoms with Gasteiger partial charge in [0, 0.05) is 10.4 Å². The molecule has 2 aromatic rings. The molecule has 3 heterocycles. The number of nitrogens with zero attached hydrogens (tertiary/aromatic N) is 3. The molecule has 0 atom stereocenters. The van der Waals surface area contributed by atoms with E-state index in [9.17, 15) is 0 Å². The van der Waals surface area contributed by atoms with Crippen LogP contribution in [0.4, 0.5) is 0 Å². The smallest absolute Gasteiger partial charge is 0.164 e. The molecule has 0 fully saturated rings. The average Bonchev–Trinajstić information content (AvgIpc) is 2.82. The number of hydrogen-bond acceptors (Lipinski definition) is 5. The van der Waals surface area contributed by atoms with Gasteiger partial charge in [0.15, 0.2) is 5.82 Å². The van der Waals surface area contributed by atoms with Crippen molar-refractivity contribution >= 4 is 11.3 Å². The Morgan fingerprint density at radius 1 is 1.24 bits per heavy atom.